The molecule has 1 saturated heterocycles. The van der Waals surface area contributed by atoms with Crippen molar-refractivity contribution < 1.29 is 19.4 Å². The molecule has 3 aliphatic rings. The average molecular weight is 372 g/mol. The Hall–Kier alpha value is -2.08. The van der Waals surface area contributed by atoms with Crippen molar-refractivity contribution in [2.45, 2.75) is 51.2 Å². The largest absolute Gasteiger partial charge is 0.493 e. The predicted molar refractivity (Wildman–Crippen MR) is 100 cm³/mol. The lowest BCUT2D eigenvalue weighted by Crippen LogP contribution is -2.46. The van der Waals surface area contributed by atoms with Crippen molar-refractivity contribution in [3.8, 4) is 5.75 Å². The number of nitrogens with zero attached hydrogens (tertiary/aromatic N) is 1. The number of fused-ring (bicyclic) bond motifs is 1. The summed E-state index contributed by atoms with van der Waals surface area (Å²) in [6.45, 7) is 3.59. The van der Waals surface area contributed by atoms with Crippen LogP contribution < -0.4 is 10.1 Å². The first-order valence-electron chi connectivity index (χ1n) is 10.0. The van der Waals surface area contributed by atoms with Crippen LogP contribution in [0.15, 0.2) is 18.2 Å². The van der Waals surface area contributed by atoms with Crippen LogP contribution >= 0.6 is 0 Å². The first-order valence-corrected chi connectivity index (χ1v) is 10.0. The SMILES string of the molecule is CC(=O)N1CCC(C(=O)NC(c2ccc3c(c2)CCO3)C2CC(O)C2)CC1. The van der Waals surface area contributed by atoms with Gasteiger partial charge in [0.1, 0.15) is 5.75 Å². The quantitative estimate of drug-likeness (QED) is 0.845. The predicted octanol–water partition coefficient (Wildman–Crippen LogP) is 1.81. The van der Waals surface area contributed by atoms with Gasteiger partial charge >= 0.3 is 0 Å². The van der Waals surface area contributed by atoms with E-state index < -0.39 is 0 Å². The number of carbonyl (C=O) groups excluding carboxylic acids is 2. The highest BCUT2D eigenvalue weighted by Gasteiger charge is 2.37. The van der Waals surface area contributed by atoms with E-state index in [0.29, 0.717) is 32.5 Å². The summed E-state index contributed by atoms with van der Waals surface area (Å²) in [6, 6.07) is 6.11. The number of benzene rings is 1. The number of likely N-dealkylation sites (tertiary alicyclic amines) is 1. The number of hydrogen-bond acceptors (Lipinski definition) is 4. The van der Waals surface area contributed by atoms with Crippen molar-refractivity contribution in [2.75, 3.05) is 19.7 Å². The molecule has 2 N–H and O–H groups in total. The Morgan fingerprint density at radius 2 is 2.00 bits per heavy atom. The topological polar surface area (TPSA) is 78.9 Å². The third kappa shape index (κ3) is 3.81. The van der Waals surface area contributed by atoms with E-state index in [1.807, 2.05) is 17.0 Å². The molecule has 1 aromatic carbocycles. The second-order valence-corrected chi connectivity index (χ2v) is 8.12. The van der Waals surface area contributed by atoms with Crippen LogP contribution in [0.1, 0.15) is 49.8 Å². The standard InChI is InChI=1S/C21H28N2O4/c1-13(24)23-7-4-14(5-8-23)21(26)22-20(17-11-18(25)12-17)16-2-3-19-15(10-16)6-9-27-19/h2-3,10,14,17-18,20,25H,4-9,11-12H2,1H3,(H,22,26). The highest BCUT2D eigenvalue weighted by molar-refractivity contribution is 5.80. The molecule has 2 amide bonds. The molecule has 2 fully saturated rings. The lowest BCUT2D eigenvalue weighted by Gasteiger charge is -2.39. The molecule has 1 aromatic rings. The second-order valence-electron chi connectivity index (χ2n) is 8.12. The summed E-state index contributed by atoms with van der Waals surface area (Å²) in [4.78, 5) is 26.2. The molecule has 27 heavy (non-hydrogen) atoms. The van der Waals surface area contributed by atoms with Gasteiger partial charge in [-0.1, -0.05) is 6.07 Å². The van der Waals surface area contributed by atoms with Crippen molar-refractivity contribution in [3.63, 3.8) is 0 Å². The molecular formula is C21H28N2O4. The van der Waals surface area contributed by atoms with Gasteiger partial charge in [-0.2, -0.15) is 0 Å². The fourth-order valence-electron chi connectivity index (χ4n) is 4.50. The summed E-state index contributed by atoms with van der Waals surface area (Å²) >= 11 is 0. The van der Waals surface area contributed by atoms with Crippen LogP contribution in [-0.4, -0.2) is 47.6 Å². The first-order chi connectivity index (χ1) is 13.0. The van der Waals surface area contributed by atoms with Crippen LogP contribution in [0.5, 0.6) is 5.75 Å². The summed E-state index contributed by atoms with van der Waals surface area (Å²) < 4.78 is 5.60. The van der Waals surface area contributed by atoms with Gasteiger partial charge in [-0.3, -0.25) is 9.59 Å². The maximum Gasteiger partial charge on any atom is 0.223 e. The number of piperidine rings is 1. The van der Waals surface area contributed by atoms with Gasteiger partial charge in [-0.05, 0) is 54.9 Å². The number of nitrogens with one attached hydrogen (secondary N) is 1. The van der Waals surface area contributed by atoms with E-state index in [9.17, 15) is 14.7 Å². The zero-order chi connectivity index (χ0) is 19.0. The van der Waals surface area contributed by atoms with Crippen molar-refractivity contribution in [1.82, 2.24) is 10.2 Å². The molecule has 1 atom stereocenters. The smallest absolute Gasteiger partial charge is 0.223 e. The number of aliphatic hydroxyl groups excluding tert-OH is 1. The van der Waals surface area contributed by atoms with Crippen molar-refractivity contribution >= 4 is 11.8 Å². The number of carbonyl (C=O) groups is 2. The van der Waals surface area contributed by atoms with E-state index in [4.69, 9.17) is 4.74 Å². The maximum absolute atomic E-state index is 12.9. The summed E-state index contributed by atoms with van der Waals surface area (Å²) in [7, 11) is 0. The van der Waals surface area contributed by atoms with E-state index in [0.717, 1.165) is 30.6 Å². The summed E-state index contributed by atoms with van der Waals surface area (Å²) in [5.41, 5.74) is 2.30. The summed E-state index contributed by atoms with van der Waals surface area (Å²) in [5.74, 6) is 1.30. The molecule has 146 valence electrons. The third-order valence-electron chi connectivity index (χ3n) is 6.30. The van der Waals surface area contributed by atoms with Crippen LogP contribution in [0.2, 0.25) is 0 Å². The summed E-state index contributed by atoms with van der Waals surface area (Å²) in [5, 5.41) is 13.0. The maximum atomic E-state index is 12.9. The van der Waals surface area contributed by atoms with Crippen LogP contribution in [0.4, 0.5) is 0 Å². The first kappa shape index (κ1) is 18.3. The van der Waals surface area contributed by atoms with Gasteiger partial charge in [0.2, 0.25) is 11.8 Å². The number of ether oxygens (including phenoxy) is 1. The van der Waals surface area contributed by atoms with Crippen molar-refractivity contribution in [3.05, 3.63) is 29.3 Å². The molecule has 1 unspecified atom stereocenters. The molecular weight excluding hydrogens is 344 g/mol. The van der Waals surface area contributed by atoms with Gasteiger partial charge in [0.25, 0.3) is 0 Å². The van der Waals surface area contributed by atoms with Crippen LogP contribution in [0.25, 0.3) is 0 Å². The normalized spacial score (nSPS) is 25.9. The Bertz CT molecular complexity index is 721. The molecule has 6 nitrogen and oxygen atoms in total. The Balaban J connectivity index is 1.45. The summed E-state index contributed by atoms with van der Waals surface area (Å²) in [6.07, 6.45) is 3.52. The number of amides is 2. The molecule has 1 aliphatic carbocycles. The number of rotatable bonds is 4. The van der Waals surface area contributed by atoms with Gasteiger partial charge in [-0.15, -0.1) is 0 Å². The number of aliphatic hydroxyl groups is 1. The van der Waals surface area contributed by atoms with Gasteiger partial charge < -0.3 is 20.1 Å². The van der Waals surface area contributed by atoms with E-state index in [-0.39, 0.29) is 35.8 Å². The van der Waals surface area contributed by atoms with Gasteiger partial charge in [0, 0.05) is 32.4 Å². The van der Waals surface area contributed by atoms with Crippen molar-refractivity contribution in [1.29, 1.82) is 0 Å². The van der Waals surface area contributed by atoms with Crippen LogP contribution in [0.3, 0.4) is 0 Å². The highest BCUT2D eigenvalue weighted by Crippen LogP contribution is 2.40. The minimum Gasteiger partial charge on any atom is -0.493 e. The average Bonchev–Trinajstić information content (AvgIpc) is 3.11. The van der Waals surface area contributed by atoms with Crippen LogP contribution in [-0.2, 0) is 16.0 Å². The second kappa shape index (κ2) is 7.50. The molecule has 1 saturated carbocycles. The Kier molecular flexibility index (Phi) is 5.08. The van der Waals surface area contributed by atoms with Crippen molar-refractivity contribution in [2.24, 2.45) is 11.8 Å². The van der Waals surface area contributed by atoms with E-state index in [2.05, 4.69) is 11.4 Å². The zero-order valence-electron chi connectivity index (χ0n) is 15.8. The fourth-order valence-corrected chi connectivity index (χ4v) is 4.50. The third-order valence-corrected chi connectivity index (χ3v) is 6.30. The lowest BCUT2D eigenvalue weighted by atomic mass is 9.74. The van der Waals surface area contributed by atoms with E-state index >= 15 is 0 Å². The van der Waals surface area contributed by atoms with E-state index in [1.165, 1.54) is 5.56 Å². The van der Waals surface area contributed by atoms with E-state index in [1.54, 1.807) is 6.92 Å². The van der Waals surface area contributed by atoms with Gasteiger partial charge in [0.15, 0.2) is 0 Å². The Labute approximate surface area is 159 Å². The minimum absolute atomic E-state index is 0.0501. The van der Waals surface area contributed by atoms with Gasteiger partial charge in [0.05, 0.1) is 18.8 Å². The molecule has 0 radical (unpaired) electrons. The van der Waals surface area contributed by atoms with Crippen LogP contribution in [0, 0.1) is 11.8 Å². The van der Waals surface area contributed by atoms with Gasteiger partial charge in [-0.25, -0.2) is 0 Å². The molecule has 6 heteroatoms. The minimum atomic E-state index is -0.258. The molecule has 2 aliphatic heterocycles. The molecule has 0 bridgehead atoms. The fraction of sp³-hybridized carbons (Fsp3) is 0.619. The Morgan fingerprint density at radius 1 is 1.26 bits per heavy atom. The highest BCUT2D eigenvalue weighted by atomic mass is 16.5. The monoisotopic (exact) mass is 372 g/mol. The molecule has 0 spiro atoms. The number of hydrogen-bond donors (Lipinski definition) is 2. The lowest BCUT2D eigenvalue weighted by molar-refractivity contribution is -0.134. The molecule has 4 rings (SSSR count). The molecule has 2 heterocycles. The molecule has 0 aromatic heterocycles. The zero-order valence-corrected chi connectivity index (χ0v) is 15.8. The Morgan fingerprint density at radius 3 is 2.67 bits per heavy atom.